The number of hydrogen-bond donors (Lipinski definition) is 2. The number of rotatable bonds is 2. The van der Waals surface area contributed by atoms with Crippen LogP contribution in [0.4, 0.5) is 11.5 Å². The van der Waals surface area contributed by atoms with Gasteiger partial charge in [0, 0.05) is 46.4 Å². The zero-order valence-electron chi connectivity index (χ0n) is 14.6. The van der Waals surface area contributed by atoms with Crippen LogP contribution in [0.1, 0.15) is 30.4 Å². The van der Waals surface area contributed by atoms with Crippen molar-refractivity contribution in [2.24, 2.45) is 0 Å². The molecule has 3 aromatic rings. The molecule has 0 radical (unpaired) electrons. The number of hydrogen-bond acceptors (Lipinski definition) is 2. The fraction of sp³-hybridized carbons (Fsp3) is 0.227. The van der Waals surface area contributed by atoms with E-state index in [1.165, 1.54) is 19.3 Å². The summed E-state index contributed by atoms with van der Waals surface area (Å²) in [5, 5.41) is 4.14. The molecule has 1 aromatic heterocycles. The summed E-state index contributed by atoms with van der Waals surface area (Å²) in [5.74, 6) is 1.11. The van der Waals surface area contributed by atoms with Gasteiger partial charge in [-0.05, 0) is 37.5 Å². The molecule has 2 aliphatic heterocycles. The first-order valence-electron chi connectivity index (χ1n) is 9.29. The molecule has 5 rings (SSSR count). The van der Waals surface area contributed by atoms with Gasteiger partial charge in [-0.1, -0.05) is 36.4 Å². The van der Waals surface area contributed by atoms with Gasteiger partial charge in [0.25, 0.3) is 5.91 Å². The predicted molar refractivity (Wildman–Crippen MR) is 107 cm³/mol. The first-order valence-corrected chi connectivity index (χ1v) is 9.29. The summed E-state index contributed by atoms with van der Waals surface area (Å²) < 4.78 is 0. The van der Waals surface area contributed by atoms with Crippen molar-refractivity contribution in [2.75, 3.05) is 23.3 Å². The van der Waals surface area contributed by atoms with E-state index in [-0.39, 0.29) is 5.91 Å². The van der Waals surface area contributed by atoms with Crippen molar-refractivity contribution in [3.05, 3.63) is 59.7 Å². The number of piperidine rings is 1. The quantitative estimate of drug-likeness (QED) is 0.665. The second kappa shape index (κ2) is 6.06. The van der Waals surface area contributed by atoms with Crippen LogP contribution >= 0.6 is 0 Å². The molecule has 4 heteroatoms. The average Bonchev–Trinajstić information content (AvgIpc) is 3.21. The van der Waals surface area contributed by atoms with Gasteiger partial charge in [-0.15, -0.1) is 0 Å². The maximum absolute atomic E-state index is 12.6. The van der Waals surface area contributed by atoms with Crippen LogP contribution in [0.3, 0.4) is 0 Å². The van der Waals surface area contributed by atoms with Crippen molar-refractivity contribution in [1.29, 1.82) is 0 Å². The average molecular weight is 343 g/mol. The number of H-pyrrole nitrogens is 1. The van der Waals surface area contributed by atoms with Crippen molar-refractivity contribution < 1.29 is 4.79 Å². The van der Waals surface area contributed by atoms with Gasteiger partial charge < -0.3 is 15.2 Å². The molecule has 1 saturated heterocycles. The molecule has 0 unspecified atom stereocenters. The lowest BCUT2D eigenvalue weighted by Gasteiger charge is -2.28. The Bertz CT molecular complexity index is 1020. The van der Waals surface area contributed by atoms with E-state index >= 15 is 0 Å². The zero-order valence-corrected chi connectivity index (χ0v) is 14.6. The van der Waals surface area contributed by atoms with E-state index in [2.05, 4.69) is 39.5 Å². The molecule has 26 heavy (non-hydrogen) atoms. The van der Waals surface area contributed by atoms with Crippen LogP contribution in [0.5, 0.6) is 0 Å². The monoisotopic (exact) mass is 343 g/mol. The molecule has 0 spiro atoms. The number of benzene rings is 2. The minimum absolute atomic E-state index is 0.0268. The summed E-state index contributed by atoms with van der Waals surface area (Å²) in [5.41, 5.74) is 4.84. The lowest BCUT2D eigenvalue weighted by atomic mass is 10.0. The van der Waals surface area contributed by atoms with Gasteiger partial charge in [0.05, 0.1) is 0 Å². The van der Waals surface area contributed by atoms with E-state index in [1.807, 2.05) is 30.3 Å². The van der Waals surface area contributed by atoms with Gasteiger partial charge in [0.15, 0.2) is 0 Å². The summed E-state index contributed by atoms with van der Waals surface area (Å²) in [7, 11) is 0. The molecule has 2 aromatic carbocycles. The number of nitrogens with one attached hydrogen (secondary N) is 2. The number of carbonyl (C=O) groups is 1. The van der Waals surface area contributed by atoms with Crippen LogP contribution in [-0.2, 0) is 4.79 Å². The molecular formula is C22H21N3O. The Labute approximate surface area is 152 Å². The Balaban J connectivity index is 1.70. The Morgan fingerprint density at radius 2 is 1.69 bits per heavy atom. The molecule has 2 aliphatic rings. The highest BCUT2D eigenvalue weighted by Crippen LogP contribution is 2.37. The highest BCUT2D eigenvalue weighted by molar-refractivity contribution is 6.35. The first-order chi connectivity index (χ1) is 12.8. The molecule has 1 amide bonds. The fourth-order valence-electron chi connectivity index (χ4n) is 4.09. The minimum atomic E-state index is -0.0268. The molecule has 0 atom stereocenters. The molecule has 2 N–H and O–H groups in total. The number of para-hydroxylation sites is 2. The Morgan fingerprint density at radius 3 is 2.58 bits per heavy atom. The number of amides is 1. The smallest absolute Gasteiger partial charge is 0.256 e. The van der Waals surface area contributed by atoms with Gasteiger partial charge >= 0.3 is 0 Å². The topological polar surface area (TPSA) is 48.1 Å². The third kappa shape index (κ3) is 2.41. The van der Waals surface area contributed by atoms with Gasteiger partial charge in [-0.3, -0.25) is 4.79 Å². The molecule has 4 nitrogen and oxygen atoms in total. The summed E-state index contributed by atoms with van der Waals surface area (Å²) in [6, 6.07) is 16.2. The number of carbonyl (C=O) groups excluding carboxylic acids is 1. The maximum atomic E-state index is 12.6. The highest BCUT2D eigenvalue weighted by atomic mass is 16.2. The minimum Gasteiger partial charge on any atom is -0.358 e. The number of aromatic amines is 1. The summed E-state index contributed by atoms with van der Waals surface area (Å²) in [4.78, 5) is 18.6. The van der Waals surface area contributed by atoms with Crippen molar-refractivity contribution in [3.63, 3.8) is 0 Å². The second-order valence-electron chi connectivity index (χ2n) is 7.04. The Kier molecular flexibility index (Phi) is 3.56. The first kappa shape index (κ1) is 15.3. The Hall–Kier alpha value is -3.01. The fourth-order valence-corrected chi connectivity index (χ4v) is 4.09. The van der Waals surface area contributed by atoms with Gasteiger partial charge in [0.2, 0.25) is 0 Å². The highest BCUT2D eigenvalue weighted by Gasteiger charge is 2.25. The summed E-state index contributed by atoms with van der Waals surface area (Å²) >= 11 is 0. The van der Waals surface area contributed by atoms with Gasteiger partial charge in [-0.25, -0.2) is 0 Å². The number of aromatic nitrogens is 1. The van der Waals surface area contributed by atoms with Crippen molar-refractivity contribution in [2.45, 2.75) is 19.3 Å². The largest absolute Gasteiger partial charge is 0.358 e. The molecule has 1 fully saturated rings. The van der Waals surface area contributed by atoms with Crippen LogP contribution in [0.2, 0.25) is 0 Å². The van der Waals surface area contributed by atoms with Crippen LogP contribution in [0.25, 0.3) is 22.6 Å². The molecule has 0 saturated carbocycles. The van der Waals surface area contributed by atoms with E-state index in [4.69, 9.17) is 0 Å². The number of fused-ring (bicyclic) bond motifs is 2. The Morgan fingerprint density at radius 1 is 0.923 bits per heavy atom. The van der Waals surface area contributed by atoms with Crippen molar-refractivity contribution in [1.82, 2.24) is 4.98 Å². The molecule has 3 heterocycles. The summed E-state index contributed by atoms with van der Waals surface area (Å²) in [6.07, 6.45) is 5.79. The molecule has 0 aliphatic carbocycles. The second-order valence-corrected chi connectivity index (χ2v) is 7.04. The molecular weight excluding hydrogens is 322 g/mol. The zero-order chi connectivity index (χ0) is 17.5. The number of anilines is 2. The molecule has 130 valence electrons. The SMILES string of the molecule is O=C1Nc2ccccc2/C1=C\c1c(N2CCCCC2)[nH]c2ccccc12. The normalized spacial score (nSPS) is 18.4. The van der Waals surface area contributed by atoms with Crippen LogP contribution in [0.15, 0.2) is 48.5 Å². The van der Waals surface area contributed by atoms with Crippen molar-refractivity contribution in [3.8, 4) is 0 Å². The lowest BCUT2D eigenvalue weighted by Crippen LogP contribution is -2.30. The van der Waals surface area contributed by atoms with E-state index < -0.39 is 0 Å². The van der Waals surface area contributed by atoms with Gasteiger partial charge in [-0.2, -0.15) is 0 Å². The standard InChI is InChI=1S/C22H21N3O/c26-22-18(16-9-3-5-11-20(16)24-22)14-17-15-8-2-4-10-19(15)23-21(17)25-12-6-1-7-13-25/h2-5,8-11,14,23H,1,6-7,12-13H2,(H,24,26)/b18-14+. The maximum Gasteiger partial charge on any atom is 0.256 e. The lowest BCUT2D eigenvalue weighted by molar-refractivity contribution is -0.110. The number of nitrogens with zero attached hydrogens (tertiary/aromatic N) is 1. The van der Waals surface area contributed by atoms with Gasteiger partial charge in [0.1, 0.15) is 5.82 Å². The molecule has 0 bridgehead atoms. The van der Waals surface area contributed by atoms with E-state index in [9.17, 15) is 4.79 Å². The van der Waals surface area contributed by atoms with E-state index in [0.29, 0.717) is 0 Å². The third-order valence-electron chi connectivity index (χ3n) is 5.40. The van der Waals surface area contributed by atoms with E-state index in [0.717, 1.165) is 52.2 Å². The van der Waals surface area contributed by atoms with Crippen LogP contribution in [-0.4, -0.2) is 24.0 Å². The summed E-state index contributed by atoms with van der Waals surface area (Å²) in [6.45, 7) is 2.12. The van der Waals surface area contributed by atoms with E-state index in [1.54, 1.807) is 0 Å². The predicted octanol–water partition coefficient (Wildman–Crippen LogP) is 4.65. The van der Waals surface area contributed by atoms with Crippen LogP contribution < -0.4 is 10.2 Å². The van der Waals surface area contributed by atoms with Crippen molar-refractivity contribution >= 4 is 40.0 Å². The third-order valence-corrected chi connectivity index (χ3v) is 5.40. The van der Waals surface area contributed by atoms with Crippen LogP contribution in [0, 0.1) is 0 Å².